The van der Waals surface area contributed by atoms with Crippen molar-refractivity contribution in [2.75, 3.05) is 14.2 Å². The molecule has 1 aliphatic carbocycles. The first-order valence-corrected chi connectivity index (χ1v) is 7.27. The molecule has 1 atom stereocenters. The lowest BCUT2D eigenvalue weighted by atomic mass is 9.60. The molecule has 1 amide bonds. The number of methoxy groups -OCH3 is 1. The Morgan fingerprint density at radius 3 is 2.37 bits per heavy atom. The number of hydrogen-bond acceptors (Lipinski definition) is 3. The Balaban J connectivity index is 2.30. The maximum absolute atomic E-state index is 12.6. The number of amidine groups is 1. The third-order valence-electron chi connectivity index (χ3n) is 5.52. The first-order chi connectivity index (χ1) is 8.90. The standard InChI is InChI=1S/C15H26N2O2/c1-6-15(9-7-12(19-5)8-10-15)14(3)13(18)17(4)11(2)16-14/h12H,6-10H2,1-5H3. The molecule has 0 radical (unpaired) electrons. The number of likely N-dealkylation sites (N-methyl/N-ethyl adjacent to an activating group) is 1. The van der Waals surface area contributed by atoms with E-state index in [9.17, 15) is 4.79 Å². The molecule has 0 bridgehead atoms. The van der Waals surface area contributed by atoms with E-state index < -0.39 is 5.54 Å². The number of ether oxygens (including phenoxy) is 1. The van der Waals surface area contributed by atoms with Crippen LogP contribution in [0.4, 0.5) is 0 Å². The maximum Gasteiger partial charge on any atom is 0.255 e. The Kier molecular flexibility index (Phi) is 3.74. The average molecular weight is 266 g/mol. The van der Waals surface area contributed by atoms with Crippen LogP contribution < -0.4 is 0 Å². The second-order valence-electron chi connectivity index (χ2n) is 6.16. The molecule has 0 saturated heterocycles. The molecule has 0 spiro atoms. The van der Waals surface area contributed by atoms with Gasteiger partial charge in [-0.05, 0) is 46.0 Å². The van der Waals surface area contributed by atoms with E-state index in [1.807, 2.05) is 20.9 Å². The van der Waals surface area contributed by atoms with E-state index in [4.69, 9.17) is 9.73 Å². The van der Waals surface area contributed by atoms with Gasteiger partial charge < -0.3 is 9.64 Å². The van der Waals surface area contributed by atoms with Crippen molar-refractivity contribution in [3.05, 3.63) is 0 Å². The third kappa shape index (κ3) is 2.00. The van der Waals surface area contributed by atoms with Crippen molar-refractivity contribution in [3.63, 3.8) is 0 Å². The number of carbonyl (C=O) groups excluding carboxylic acids is 1. The first-order valence-electron chi connectivity index (χ1n) is 7.27. The quantitative estimate of drug-likeness (QED) is 0.788. The Morgan fingerprint density at radius 1 is 1.42 bits per heavy atom. The van der Waals surface area contributed by atoms with Crippen LogP contribution in [0.15, 0.2) is 4.99 Å². The number of hydrogen-bond donors (Lipinski definition) is 0. The van der Waals surface area contributed by atoms with Crippen LogP contribution in [-0.4, -0.2) is 42.4 Å². The molecular weight excluding hydrogens is 240 g/mol. The number of amides is 1. The first kappa shape index (κ1) is 14.5. The zero-order valence-electron chi connectivity index (χ0n) is 12.8. The molecule has 1 heterocycles. The summed E-state index contributed by atoms with van der Waals surface area (Å²) in [6.07, 6.45) is 5.46. The van der Waals surface area contributed by atoms with E-state index in [-0.39, 0.29) is 11.3 Å². The number of aliphatic imine (C=N–C) groups is 1. The second-order valence-corrected chi connectivity index (χ2v) is 6.16. The molecule has 4 heteroatoms. The SMILES string of the molecule is CCC1(C2(C)N=C(C)N(C)C2=O)CCC(OC)CC1. The molecule has 108 valence electrons. The van der Waals surface area contributed by atoms with Gasteiger partial charge in [-0.1, -0.05) is 6.92 Å². The largest absolute Gasteiger partial charge is 0.381 e. The molecule has 4 nitrogen and oxygen atoms in total. The summed E-state index contributed by atoms with van der Waals surface area (Å²) in [7, 11) is 3.61. The predicted octanol–water partition coefficient (Wildman–Crippen LogP) is 2.62. The van der Waals surface area contributed by atoms with E-state index in [2.05, 4.69) is 6.92 Å². The van der Waals surface area contributed by atoms with Crippen LogP contribution in [-0.2, 0) is 9.53 Å². The monoisotopic (exact) mass is 266 g/mol. The van der Waals surface area contributed by atoms with Crippen molar-refractivity contribution in [1.82, 2.24) is 4.90 Å². The highest BCUT2D eigenvalue weighted by Gasteiger charge is 2.57. The van der Waals surface area contributed by atoms with Gasteiger partial charge in [-0.2, -0.15) is 0 Å². The minimum absolute atomic E-state index is 0.00880. The van der Waals surface area contributed by atoms with Crippen molar-refractivity contribution < 1.29 is 9.53 Å². The van der Waals surface area contributed by atoms with Crippen LogP contribution in [0.2, 0.25) is 0 Å². The van der Waals surface area contributed by atoms with Crippen molar-refractivity contribution in [1.29, 1.82) is 0 Å². The van der Waals surface area contributed by atoms with Crippen LogP contribution in [0.25, 0.3) is 0 Å². The van der Waals surface area contributed by atoms with Crippen molar-refractivity contribution in [2.45, 2.75) is 64.5 Å². The second kappa shape index (κ2) is 4.89. The molecule has 0 N–H and O–H groups in total. The van der Waals surface area contributed by atoms with Crippen LogP contribution in [0, 0.1) is 5.41 Å². The van der Waals surface area contributed by atoms with Crippen molar-refractivity contribution in [2.24, 2.45) is 10.4 Å². The molecule has 1 aliphatic heterocycles. The smallest absolute Gasteiger partial charge is 0.255 e. The third-order valence-corrected chi connectivity index (χ3v) is 5.52. The van der Waals surface area contributed by atoms with Crippen LogP contribution in [0.1, 0.15) is 52.9 Å². The van der Waals surface area contributed by atoms with Crippen LogP contribution in [0.3, 0.4) is 0 Å². The summed E-state index contributed by atoms with van der Waals surface area (Å²) in [5.74, 6) is 0.997. The fourth-order valence-electron chi connectivity index (χ4n) is 3.83. The molecule has 0 aromatic rings. The topological polar surface area (TPSA) is 41.9 Å². The minimum atomic E-state index is -0.584. The van der Waals surface area contributed by atoms with E-state index in [1.165, 1.54) is 0 Å². The summed E-state index contributed by atoms with van der Waals surface area (Å²) in [6.45, 7) is 6.14. The zero-order chi connectivity index (χ0) is 14.3. The highest BCUT2D eigenvalue weighted by molar-refractivity contribution is 6.07. The molecule has 1 saturated carbocycles. The lowest BCUT2D eigenvalue weighted by Crippen LogP contribution is -2.53. The van der Waals surface area contributed by atoms with Gasteiger partial charge in [0.05, 0.1) is 6.10 Å². The van der Waals surface area contributed by atoms with Crippen molar-refractivity contribution >= 4 is 11.7 Å². The van der Waals surface area contributed by atoms with Gasteiger partial charge in [-0.25, -0.2) is 0 Å². The van der Waals surface area contributed by atoms with E-state index in [0.717, 1.165) is 37.9 Å². The van der Waals surface area contributed by atoms with Gasteiger partial charge in [0.15, 0.2) is 0 Å². The fourth-order valence-corrected chi connectivity index (χ4v) is 3.83. The maximum atomic E-state index is 12.6. The Morgan fingerprint density at radius 2 is 2.00 bits per heavy atom. The van der Waals surface area contributed by atoms with Gasteiger partial charge in [0.2, 0.25) is 0 Å². The summed E-state index contributed by atoms with van der Waals surface area (Å²) in [4.78, 5) is 19.1. The average Bonchev–Trinajstić information content (AvgIpc) is 2.63. The molecule has 2 rings (SSSR count). The van der Waals surface area contributed by atoms with Gasteiger partial charge in [0, 0.05) is 19.6 Å². The minimum Gasteiger partial charge on any atom is -0.381 e. The summed E-state index contributed by atoms with van der Waals surface area (Å²) < 4.78 is 5.46. The van der Waals surface area contributed by atoms with Gasteiger partial charge in [-0.15, -0.1) is 0 Å². The highest BCUT2D eigenvalue weighted by atomic mass is 16.5. The molecule has 0 aromatic heterocycles. The summed E-state index contributed by atoms with van der Waals surface area (Å²) in [5.41, 5.74) is -0.593. The number of carbonyl (C=O) groups is 1. The molecule has 1 fully saturated rings. The Labute approximate surface area is 116 Å². The highest BCUT2D eigenvalue weighted by Crippen LogP contribution is 2.51. The van der Waals surface area contributed by atoms with Crippen LogP contribution in [0.5, 0.6) is 0 Å². The van der Waals surface area contributed by atoms with Gasteiger partial charge in [0.25, 0.3) is 5.91 Å². The van der Waals surface area contributed by atoms with Crippen molar-refractivity contribution in [3.8, 4) is 0 Å². The van der Waals surface area contributed by atoms with Gasteiger partial charge in [0.1, 0.15) is 11.4 Å². The molecule has 1 unspecified atom stereocenters. The number of nitrogens with zero attached hydrogens (tertiary/aromatic N) is 2. The van der Waals surface area contributed by atoms with Gasteiger partial charge >= 0.3 is 0 Å². The molecule has 0 aromatic carbocycles. The Bertz CT molecular complexity index is 397. The molecule has 2 aliphatic rings. The predicted molar refractivity (Wildman–Crippen MR) is 76.3 cm³/mol. The summed E-state index contributed by atoms with van der Waals surface area (Å²) in [5, 5.41) is 0. The van der Waals surface area contributed by atoms with Gasteiger partial charge in [-0.3, -0.25) is 9.79 Å². The molecular formula is C15H26N2O2. The normalized spacial score (nSPS) is 39.6. The molecule has 19 heavy (non-hydrogen) atoms. The van der Waals surface area contributed by atoms with Crippen LogP contribution >= 0.6 is 0 Å². The zero-order valence-corrected chi connectivity index (χ0v) is 12.8. The fraction of sp³-hybridized carbons (Fsp3) is 0.867. The summed E-state index contributed by atoms with van der Waals surface area (Å²) in [6, 6.07) is 0. The number of rotatable bonds is 3. The Hall–Kier alpha value is -0.900. The lowest BCUT2D eigenvalue weighted by Gasteiger charge is -2.47. The lowest BCUT2D eigenvalue weighted by molar-refractivity contribution is -0.136. The van der Waals surface area contributed by atoms with E-state index in [1.54, 1.807) is 12.0 Å². The van der Waals surface area contributed by atoms with E-state index >= 15 is 0 Å². The van der Waals surface area contributed by atoms with E-state index in [0.29, 0.717) is 6.10 Å². The summed E-state index contributed by atoms with van der Waals surface area (Å²) >= 11 is 0.